The second-order valence-electron chi connectivity index (χ2n) is 5.01. The lowest BCUT2D eigenvalue weighted by atomic mass is 10.2. The average Bonchev–Trinajstić information content (AvgIpc) is 2.33. The molecule has 110 valence electrons. The number of carbonyl (C=O) groups is 1. The fourth-order valence-electron chi connectivity index (χ4n) is 1.30. The molecule has 2 N–H and O–H groups in total. The van der Waals surface area contributed by atoms with Crippen molar-refractivity contribution in [2.45, 2.75) is 26.4 Å². The quantitative estimate of drug-likeness (QED) is 0.485. The Kier molecular flexibility index (Phi) is 5.24. The molecule has 0 saturated carbocycles. The number of aromatic nitrogens is 1. The van der Waals surface area contributed by atoms with Gasteiger partial charge < -0.3 is 15.4 Å². The molecule has 1 amide bonds. The topological polar surface area (TPSA) is 106 Å². The number of nitro groups is 1. The summed E-state index contributed by atoms with van der Waals surface area (Å²) >= 11 is 0. The van der Waals surface area contributed by atoms with E-state index in [1.54, 1.807) is 20.8 Å². The summed E-state index contributed by atoms with van der Waals surface area (Å²) in [6.45, 7) is 6.03. The zero-order valence-corrected chi connectivity index (χ0v) is 11.7. The van der Waals surface area contributed by atoms with Gasteiger partial charge >= 0.3 is 6.09 Å². The molecule has 1 aromatic heterocycles. The summed E-state index contributed by atoms with van der Waals surface area (Å²) in [5.41, 5.74) is -0.582. The Labute approximate surface area is 116 Å². The summed E-state index contributed by atoms with van der Waals surface area (Å²) in [5, 5.41) is 16.0. The molecule has 1 heterocycles. The third-order valence-electron chi connectivity index (χ3n) is 2.05. The molecule has 20 heavy (non-hydrogen) atoms. The Morgan fingerprint density at radius 1 is 1.45 bits per heavy atom. The first-order valence-corrected chi connectivity index (χ1v) is 6.09. The van der Waals surface area contributed by atoms with E-state index in [-0.39, 0.29) is 5.69 Å². The van der Waals surface area contributed by atoms with Crippen LogP contribution < -0.4 is 10.6 Å². The highest BCUT2D eigenvalue weighted by Gasteiger charge is 2.15. The van der Waals surface area contributed by atoms with Gasteiger partial charge in [0.2, 0.25) is 0 Å². The zero-order chi connectivity index (χ0) is 15.2. The van der Waals surface area contributed by atoms with Gasteiger partial charge in [-0.05, 0) is 20.8 Å². The number of amides is 1. The summed E-state index contributed by atoms with van der Waals surface area (Å²) in [6.07, 6.45) is 0.841. The molecule has 0 aliphatic rings. The Hall–Kier alpha value is -2.38. The first-order valence-electron chi connectivity index (χ1n) is 6.09. The van der Waals surface area contributed by atoms with Crippen LogP contribution >= 0.6 is 0 Å². The molecular formula is C12H18N4O4. The minimum absolute atomic E-state index is 0.0393. The number of ether oxygens (including phenoxy) is 1. The van der Waals surface area contributed by atoms with Gasteiger partial charge in [0, 0.05) is 25.4 Å². The van der Waals surface area contributed by atoms with E-state index >= 15 is 0 Å². The van der Waals surface area contributed by atoms with Crippen molar-refractivity contribution >= 4 is 17.6 Å². The molecule has 0 bridgehead atoms. The van der Waals surface area contributed by atoms with E-state index in [4.69, 9.17) is 4.74 Å². The van der Waals surface area contributed by atoms with Gasteiger partial charge in [-0.3, -0.25) is 10.1 Å². The normalized spacial score (nSPS) is 10.8. The summed E-state index contributed by atoms with van der Waals surface area (Å²) < 4.78 is 5.06. The molecule has 0 unspecified atom stereocenters. The van der Waals surface area contributed by atoms with Gasteiger partial charge in [-0.2, -0.15) is 0 Å². The van der Waals surface area contributed by atoms with Crippen molar-refractivity contribution in [2.75, 3.05) is 18.4 Å². The largest absolute Gasteiger partial charge is 0.444 e. The fourth-order valence-corrected chi connectivity index (χ4v) is 1.30. The number of nitrogens with zero attached hydrogens (tertiary/aromatic N) is 2. The van der Waals surface area contributed by atoms with E-state index in [1.807, 2.05) is 0 Å². The van der Waals surface area contributed by atoms with Gasteiger partial charge in [0.25, 0.3) is 5.69 Å². The molecule has 0 saturated heterocycles. The lowest BCUT2D eigenvalue weighted by molar-refractivity contribution is -0.384. The van der Waals surface area contributed by atoms with Gasteiger partial charge in [-0.1, -0.05) is 0 Å². The smallest absolute Gasteiger partial charge is 0.407 e. The highest BCUT2D eigenvalue weighted by Crippen LogP contribution is 2.13. The number of pyridine rings is 1. The fraction of sp³-hybridized carbons (Fsp3) is 0.500. The molecule has 0 aliphatic carbocycles. The van der Waals surface area contributed by atoms with Crippen LogP contribution in [0.2, 0.25) is 0 Å². The van der Waals surface area contributed by atoms with Crippen LogP contribution in [-0.2, 0) is 4.74 Å². The van der Waals surface area contributed by atoms with Crippen molar-refractivity contribution in [2.24, 2.45) is 0 Å². The molecule has 0 aliphatic heterocycles. The molecule has 8 heteroatoms. The summed E-state index contributed by atoms with van der Waals surface area (Å²) in [4.78, 5) is 25.4. The molecule has 1 rings (SSSR count). The minimum atomic E-state index is -0.543. The number of nitrogens with one attached hydrogen (secondary N) is 2. The molecule has 0 aromatic carbocycles. The maximum Gasteiger partial charge on any atom is 0.407 e. The molecule has 0 spiro atoms. The van der Waals surface area contributed by atoms with Crippen LogP contribution in [0.15, 0.2) is 18.3 Å². The van der Waals surface area contributed by atoms with Crippen molar-refractivity contribution < 1.29 is 14.5 Å². The number of carbonyl (C=O) groups excluding carboxylic acids is 1. The van der Waals surface area contributed by atoms with Crippen molar-refractivity contribution in [3.8, 4) is 0 Å². The predicted octanol–water partition coefficient (Wildman–Crippen LogP) is 1.93. The first kappa shape index (κ1) is 15.7. The Bertz CT molecular complexity index is 485. The highest BCUT2D eigenvalue weighted by molar-refractivity contribution is 5.67. The number of hydrogen-bond acceptors (Lipinski definition) is 6. The van der Waals surface area contributed by atoms with Crippen molar-refractivity contribution in [3.05, 3.63) is 28.4 Å². The molecule has 0 atom stereocenters. The van der Waals surface area contributed by atoms with E-state index in [2.05, 4.69) is 15.6 Å². The minimum Gasteiger partial charge on any atom is -0.444 e. The van der Waals surface area contributed by atoms with E-state index in [0.717, 1.165) is 0 Å². The Balaban J connectivity index is 2.33. The van der Waals surface area contributed by atoms with E-state index < -0.39 is 16.6 Å². The Morgan fingerprint density at radius 3 is 2.75 bits per heavy atom. The lowest BCUT2D eigenvalue weighted by Gasteiger charge is -2.19. The standard InChI is InChI=1S/C12H18N4O4/c1-12(2,3)20-11(17)15-7-6-14-10-8-9(16(18)19)4-5-13-10/h4-5,8H,6-7H2,1-3H3,(H,13,14)(H,15,17). The number of hydrogen-bond donors (Lipinski definition) is 2. The van der Waals surface area contributed by atoms with Crippen molar-refractivity contribution in [1.82, 2.24) is 10.3 Å². The molecule has 8 nitrogen and oxygen atoms in total. The Morgan fingerprint density at radius 2 is 2.15 bits per heavy atom. The van der Waals surface area contributed by atoms with Gasteiger partial charge in [0.15, 0.2) is 0 Å². The summed E-state index contributed by atoms with van der Waals surface area (Å²) in [7, 11) is 0. The van der Waals surface area contributed by atoms with Gasteiger partial charge in [0.1, 0.15) is 11.4 Å². The SMILES string of the molecule is CC(C)(C)OC(=O)NCCNc1cc([N+](=O)[O-])ccn1. The maximum atomic E-state index is 11.3. The third-order valence-corrected chi connectivity index (χ3v) is 2.05. The molecule has 1 aromatic rings. The van der Waals surface area contributed by atoms with Crippen LogP contribution in [0.3, 0.4) is 0 Å². The molecule has 0 radical (unpaired) electrons. The lowest BCUT2D eigenvalue weighted by Crippen LogP contribution is -2.35. The van der Waals surface area contributed by atoms with Crippen molar-refractivity contribution in [3.63, 3.8) is 0 Å². The monoisotopic (exact) mass is 282 g/mol. The summed E-state index contributed by atoms with van der Waals surface area (Å²) in [6, 6.07) is 2.64. The first-order chi connectivity index (χ1) is 9.28. The van der Waals surface area contributed by atoms with E-state index in [0.29, 0.717) is 18.9 Å². The van der Waals surface area contributed by atoms with E-state index in [9.17, 15) is 14.9 Å². The van der Waals surface area contributed by atoms with Crippen molar-refractivity contribution in [1.29, 1.82) is 0 Å². The molecular weight excluding hydrogens is 264 g/mol. The number of rotatable bonds is 5. The third kappa shape index (κ3) is 5.98. The van der Waals surface area contributed by atoms with Gasteiger partial charge in [0.05, 0.1) is 11.0 Å². The van der Waals surface area contributed by atoms with E-state index in [1.165, 1.54) is 18.3 Å². The number of anilines is 1. The van der Waals surface area contributed by atoms with Crippen LogP contribution in [0.1, 0.15) is 20.8 Å². The second-order valence-corrected chi connectivity index (χ2v) is 5.01. The second kappa shape index (κ2) is 6.69. The van der Waals surface area contributed by atoms with Gasteiger partial charge in [-0.15, -0.1) is 0 Å². The predicted molar refractivity (Wildman–Crippen MR) is 73.6 cm³/mol. The number of alkyl carbamates (subject to hydrolysis) is 1. The van der Waals surface area contributed by atoms with Crippen LogP contribution in [0.5, 0.6) is 0 Å². The highest BCUT2D eigenvalue weighted by atomic mass is 16.6. The van der Waals surface area contributed by atoms with Gasteiger partial charge in [-0.25, -0.2) is 9.78 Å². The van der Waals surface area contributed by atoms with Crippen LogP contribution in [0.25, 0.3) is 0 Å². The summed E-state index contributed by atoms with van der Waals surface area (Å²) in [5.74, 6) is 0.380. The van der Waals surface area contributed by atoms with Crippen LogP contribution in [-0.4, -0.2) is 34.7 Å². The average molecular weight is 282 g/mol. The molecule has 0 fully saturated rings. The van der Waals surface area contributed by atoms with Crippen LogP contribution in [0, 0.1) is 10.1 Å². The van der Waals surface area contributed by atoms with Crippen LogP contribution in [0.4, 0.5) is 16.3 Å². The maximum absolute atomic E-state index is 11.3. The zero-order valence-electron chi connectivity index (χ0n) is 11.7.